The topological polar surface area (TPSA) is 21.3 Å². The minimum absolute atomic E-state index is 0.240. The fraction of sp³-hybridized carbons (Fsp3) is 0.231. The van der Waals surface area contributed by atoms with E-state index in [4.69, 9.17) is 4.74 Å². The fourth-order valence-electron chi connectivity index (χ4n) is 1.66. The number of hydrogen-bond acceptors (Lipinski definition) is 3. The molecule has 96 valence electrons. The summed E-state index contributed by atoms with van der Waals surface area (Å²) >= 11 is 8.69. The van der Waals surface area contributed by atoms with Gasteiger partial charge in [-0.1, -0.05) is 15.9 Å². The first kappa shape index (κ1) is 13.9. The van der Waals surface area contributed by atoms with E-state index >= 15 is 0 Å². The van der Waals surface area contributed by atoms with E-state index in [0.29, 0.717) is 0 Å². The largest absolute Gasteiger partial charge is 0.495 e. The van der Waals surface area contributed by atoms with Crippen molar-refractivity contribution in [1.29, 1.82) is 0 Å². The van der Waals surface area contributed by atoms with Crippen LogP contribution in [0.2, 0.25) is 0 Å². The summed E-state index contributed by atoms with van der Waals surface area (Å²) in [5.74, 6) is 0.848. The van der Waals surface area contributed by atoms with Crippen LogP contribution in [0.1, 0.15) is 17.8 Å². The molecule has 2 aromatic rings. The first-order valence-electron chi connectivity index (χ1n) is 5.45. The Morgan fingerprint density at radius 2 is 2.00 bits per heavy atom. The molecule has 0 fully saturated rings. The third-order valence-corrected chi connectivity index (χ3v) is 4.85. The van der Waals surface area contributed by atoms with E-state index in [1.807, 2.05) is 18.2 Å². The molecule has 0 aliphatic rings. The number of ether oxygens (including phenoxy) is 1. The van der Waals surface area contributed by atoms with Gasteiger partial charge in [0, 0.05) is 9.35 Å². The third kappa shape index (κ3) is 3.28. The molecule has 0 saturated carbocycles. The van der Waals surface area contributed by atoms with E-state index in [9.17, 15) is 0 Å². The summed E-state index contributed by atoms with van der Waals surface area (Å²) in [5.41, 5.74) is 0.990. The van der Waals surface area contributed by atoms with E-state index in [-0.39, 0.29) is 6.04 Å². The summed E-state index contributed by atoms with van der Waals surface area (Å²) in [6.45, 7) is 2.14. The standard InChI is InChI=1S/C13H13Br2NOS/c1-8(12-5-6-13(15)18-12)16-10-7-9(14)3-4-11(10)17-2/h3-8,16H,1-2H3. The smallest absolute Gasteiger partial charge is 0.142 e. The molecule has 1 N–H and O–H groups in total. The van der Waals surface area contributed by atoms with Crippen LogP contribution in [-0.2, 0) is 0 Å². The van der Waals surface area contributed by atoms with Crippen molar-refractivity contribution >= 4 is 48.9 Å². The summed E-state index contributed by atoms with van der Waals surface area (Å²) < 4.78 is 7.53. The van der Waals surface area contributed by atoms with Gasteiger partial charge in [-0.2, -0.15) is 0 Å². The van der Waals surface area contributed by atoms with Crippen molar-refractivity contribution in [3.8, 4) is 5.75 Å². The van der Waals surface area contributed by atoms with Gasteiger partial charge in [0.2, 0.25) is 0 Å². The maximum Gasteiger partial charge on any atom is 0.142 e. The predicted molar refractivity (Wildman–Crippen MR) is 84.8 cm³/mol. The molecular weight excluding hydrogens is 378 g/mol. The van der Waals surface area contributed by atoms with Gasteiger partial charge < -0.3 is 10.1 Å². The second-order valence-electron chi connectivity index (χ2n) is 3.85. The molecule has 0 aliphatic heterocycles. The van der Waals surface area contributed by atoms with Crippen LogP contribution in [0.3, 0.4) is 0 Å². The van der Waals surface area contributed by atoms with E-state index in [1.165, 1.54) is 4.88 Å². The average Bonchev–Trinajstić information content (AvgIpc) is 2.76. The lowest BCUT2D eigenvalue weighted by Crippen LogP contribution is -2.06. The Labute approximate surface area is 128 Å². The second-order valence-corrected chi connectivity index (χ2v) is 7.26. The highest BCUT2D eigenvalue weighted by Gasteiger charge is 2.11. The summed E-state index contributed by atoms with van der Waals surface area (Å²) in [7, 11) is 1.68. The lowest BCUT2D eigenvalue weighted by Gasteiger charge is -2.16. The highest BCUT2D eigenvalue weighted by molar-refractivity contribution is 9.11. The summed E-state index contributed by atoms with van der Waals surface area (Å²) in [4.78, 5) is 1.28. The van der Waals surface area contributed by atoms with E-state index in [2.05, 4.69) is 56.2 Å². The molecule has 1 atom stereocenters. The molecule has 0 radical (unpaired) electrons. The van der Waals surface area contributed by atoms with Crippen LogP contribution in [0, 0.1) is 0 Å². The van der Waals surface area contributed by atoms with Crippen LogP contribution in [-0.4, -0.2) is 7.11 Å². The Morgan fingerprint density at radius 1 is 1.22 bits per heavy atom. The average molecular weight is 391 g/mol. The van der Waals surface area contributed by atoms with Crippen LogP contribution in [0.5, 0.6) is 5.75 Å². The number of rotatable bonds is 4. The van der Waals surface area contributed by atoms with E-state index in [0.717, 1.165) is 19.7 Å². The molecule has 2 rings (SSSR count). The van der Waals surface area contributed by atoms with Crippen LogP contribution in [0.4, 0.5) is 5.69 Å². The number of nitrogens with one attached hydrogen (secondary N) is 1. The van der Waals surface area contributed by atoms with Gasteiger partial charge in [0.15, 0.2) is 0 Å². The van der Waals surface area contributed by atoms with Gasteiger partial charge in [-0.3, -0.25) is 0 Å². The third-order valence-electron chi connectivity index (χ3n) is 2.55. The van der Waals surface area contributed by atoms with Crippen molar-refractivity contribution < 1.29 is 4.74 Å². The first-order valence-corrected chi connectivity index (χ1v) is 7.85. The minimum Gasteiger partial charge on any atom is -0.495 e. The minimum atomic E-state index is 0.240. The maximum absolute atomic E-state index is 5.35. The van der Waals surface area contributed by atoms with Crippen molar-refractivity contribution in [3.05, 3.63) is 43.5 Å². The lowest BCUT2D eigenvalue weighted by molar-refractivity contribution is 0.416. The second kappa shape index (κ2) is 6.08. The van der Waals surface area contributed by atoms with Gasteiger partial charge in [-0.15, -0.1) is 11.3 Å². The molecule has 5 heteroatoms. The Morgan fingerprint density at radius 3 is 2.61 bits per heavy atom. The van der Waals surface area contributed by atoms with Crippen molar-refractivity contribution in [2.45, 2.75) is 13.0 Å². The van der Waals surface area contributed by atoms with Crippen LogP contribution < -0.4 is 10.1 Å². The van der Waals surface area contributed by atoms with Crippen LogP contribution >= 0.6 is 43.2 Å². The molecule has 1 aromatic heterocycles. The zero-order valence-corrected chi connectivity index (χ0v) is 14.0. The molecule has 0 spiro atoms. The lowest BCUT2D eigenvalue weighted by atomic mass is 10.2. The number of hydrogen-bond donors (Lipinski definition) is 1. The highest BCUT2D eigenvalue weighted by atomic mass is 79.9. The molecule has 0 saturated heterocycles. The Balaban J connectivity index is 2.20. The van der Waals surface area contributed by atoms with Gasteiger partial charge >= 0.3 is 0 Å². The van der Waals surface area contributed by atoms with Gasteiger partial charge in [-0.05, 0) is 53.2 Å². The number of methoxy groups -OCH3 is 1. The zero-order chi connectivity index (χ0) is 13.1. The maximum atomic E-state index is 5.35. The Hall–Kier alpha value is -0.520. The monoisotopic (exact) mass is 389 g/mol. The number of anilines is 1. The predicted octanol–water partition coefficient (Wildman–Crippen LogP) is 5.45. The molecule has 1 aromatic carbocycles. The summed E-state index contributed by atoms with van der Waals surface area (Å²) in [5, 5.41) is 3.47. The number of halogens is 2. The van der Waals surface area contributed by atoms with E-state index in [1.54, 1.807) is 18.4 Å². The molecule has 0 bridgehead atoms. The van der Waals surface area contributed by atoms with Crippen molar-refractivity contribution in [1.82, 2.24) is 0 Å². The molecule has 18 heavy (non-hydrogen) atoms. The van der Waals surface area contributed by atoms with Crippen molar-refractivity contribution in [2.24, 2.45) is 0 Å². The quantitative estimate of drug-likeness (QED) is 0.748. The molecule has 0 aliphatic carbocycles. The van der Waals surface area contributed by atoms with Crippen LogP contribution in [0.25, 0.3) is 0 Å². The molecule has 1 heterocycles. The molecule has 2 nitrogen and oxygen atoms in total. The molecule has 0 amide bonds. The Kier molecular flexibility index (Phi) is 4.70. The highest BCUT2D eigenvalue weighted by Crippen LogP contribution is 2.33. The van der Waals surface area contributed by atoms with Gasteiger partial charge in [0.05, 0.1) is 22.6 Å². The van der Waals surface area contributed by atoms with Crippen molar-refractivity contribution in [3.63, 3.8) is 0 Å². The number of benzene rings is 1. The van der Waals surface area contributed by atoms with Gasteiger partial charge in [0.1, 0.15) is 5.75 Å². The van der Waals surface area contributed by atoms with Crippen LogP contribution in [0.15, 0.2) is 38.6 Å². The van der Waals surface area contributed by atoms with Gasteiger partial charge in [-0.25, -0.2) is 0 Å². The molecular formula is C13H13Br2NOS. The zero-order valence-electron chi connectivity index (χ0n) is 10.0. The molecule has 1 unspecified atom stereocenters. The summed E-state index contributed by atoms with van der Waals surface area (Å²) in [6, 6.07) is 10.4. The van der Waals surface area contributed by atoms with Crippen molar-refractivity contribution in [2.75, 3.05) is 12.4 Å². The van der Waals surface area contributed by atoms with Gasteiger partial charge in [0.25, 0.3) is 0 Å². The Bertz CT molecular complexity index is 542. The fourth-order valence-corrected chi connectivity index (χ4v) is 3.45. The first-order chi connectivity index (χ1) is 8.60. The SMILES string of the molecule is COc1ccc(Br)cc1NC(C)c1ccc(Br)s1. The number of thiophene rings is 1. The van der Waals surface area contributed by atoms with E-state index < -0.39 is 0 Å². The normalized spacial score (nSPS) is 12.2. The summed E-state index contributed by atoms with van der Waals surface area (Å²) in [6.07, 6.45) is 0.